The highest BCUT2D eigenvalue weighted by Gasteiger charge is 2.41. The van der Waals surface area contributed by atoms with E-state index in [4.69, 9.17) is 5.73 Å². The molecule has 0 aromatic heterocycles. The van der Waals surface area contributed by atoms with Gasteiger partial charge in [0.1, 0.15) is 5.82 Å². The Bertz CT molecular complexity index is 329. The lowest BCUT2D eigenvalue weighted by molar-refractivity contribution is 0.577. The first-order valence-corrected chi connectivity index (χ1v) is 4.73. The van der Waals surface area contributed by atoms with E-state index in [0.29, 0.717) is 5.56 Å². The summed E-state index contributed by atoms with van der Waals surface area (Å²) >= 11 is 0. The number of hydrogen-bond donors (Lipinski definition) is 1. The molecule has 70 valence electrons. The van der Waals surface area contributed by atoms with Crippen LogP contribution in [0.4, 0.5) is 4.39 Å². The van der Waals surface area contributed by atoms with Crippen molar-refractivity contribution in [1.82, 2.24) is 0 Å². The van der Waals surface area contributed by atoms with Crippen molar-refractivity contribution >= 4 is 0 Å². The quantitative estimate of drug-likeness (QED) is 0.740. The minimum absolute atomic E-state index is 0.155. The first kappa shape index (κ1) is 8.70. The molecule has 0 aliphatic heterocycles. The van der Waals surface area contributed by atoms with Crippen LogP contribution in [0.3, 0.4) is 0 Å². The van der Waals surface area contributed by atoms with Gasteiger partial charge in [-0.2, -0.15) is 0 Å². The summed E-state index contributed by atoms with van der Waals surface area (Å²) < 4.78 is 13.4. The van der Waals surface area contributed by atoms with Crippen molar-refractivity contribution in [2.24, 2.45) is 5.73 Å². The molecule has 1 aromatic carbocycles. The number of hydrogen-bond acceptors (Lipinski definition) is 1. The molecule has 0 amide bonds. The third-order valence-corrected chi connectivity index (χ3v) is 2.76. The minimum atomic E-state index is -0.352. The third-order valence-electron chi connectivity index (χ3n) is 2.76. The monoisotopic (exact) mass is 179 g/mol. The van der Waals surface area contributed by atoms with Crippen molar-refractivity contribution in [3.05, 3.63) is 35.1 Å². The zero-order valence-corrected chi connectivity index (χ0v) is 7.81. The molecule has 0 radical (unpaired) electrons. The van der Waals surface area contributed by atoms with E-state index in [1.165, 1.54) is 6.07 Å². The van der Waals surface area contributed by atoms with E-state index in [2.05, 4.69) is 6.92 Å². The molecule has 1 nitrogen and oxygen atoms in total. The maximum atomic E-state index is 13.4. The lowest BCUT2D eigenvalue weighted by atomic mass is 10.0. The Kier molecular flexibility index (Phi) is 1.88. The largest absolute Gasteiger partial charge is 0.321 e. The number of halogens is 1. The molecule has 0 atom stereocenters. The Morgan fingerprint density at radius 1 is 1.46 bits per heavy atom. The van der Waals surface area contributed by atoms with Gasteiger partial charge in [0, 0.05) is 11.1 Å². The minimum Gasteiger partial charge on any atom is -0.321 e. The molecule has 0 saturated heterocycles. The van der Waals surface area contributed by atoms with E-state index >= 15 is 0 Å². The van der Waals surface area contributed by atoms with Crippen molar-refractivity contribution < 1.29 is 4.39 Å². The summed E-state index contributed by atoms with van der Waals surface area (Å²) in [5.41, 5.74) is 7.46. The first-order chi connectivity index (χ1) is 6.15. The lowest BCUT2D eigenvalue weighted by Crippen LogP contribution is -2.20. The van der Waals surface area contributed by atoms with Gasteiger partial charge in [-0.1, -0.05) is 19.1 Å². The van der Waals surface area contributed by atoms with E-state index < -0.39 is 0 Å². The molecule has 1 saturated carbocycles. The molecular weight excluding hydrogens is 165 g/mol. The molecule has 0 bridgehead atoms. The summed E-state index contributed by atoms with van der Waals surface area (Å²) in [5, 5.41) is 0. The fourth-order valence-electron chi connectivity index (χ4n) is 1.58. The summed E-state index contributed by atoms with van der Waals surface area (Å²) in [5.74, 6) is -0.155. The second-order valence-corrected chi connectivity index (χ2v) is 3.82. The lowest BCUT2D eigenvalue weighted by Gasteiger charge is -2.11. The summed E-state index contributed by atoms with van der Waals surface area (Å²) in [4.78, 5) is 0. The van der Waals surface area contributed by atoms with E-state index in [9.17, 15) is 4.39 Å². The number of rotatable bonds is 2. The standard InChI is InChI=1S/C11H14FN/c1-2-8-3-4-10(12)9(7-8)11(13)5-6-11/h3-4,7H,2,5-6,13H2,1H3. The van der Waals surface area contributed by atoms with Crippen LogP contribution >= 0.6 is 0 Å². The van der Waals surface area contributed by atoms with Gasteiger partial charge < -0.3 is 5.73 Å². The van der Waals surface area contributed by atoms with Crippen LogP contribution in [-0.4, -0.2) is 0 Å². The van der Waals surface area contributed by atoms with Crippen LogP contribution < -0.4 is 5.73 Å². The number of benzene rings is 1. The molecule has 0 unspecified atom stereocenters. The van der Waals surface area contributed by atoms with E-state index in [1.807, 2.05) is 12.1 Å². The SMILES string of the molecule is CCc1ccc(F)c(C2(N)CC2)c1. The van der Waals surface area contributed by atoms with Crippen LogP contribution in [-0.2, 0) is 12.0 Å². The van der Waals surface area contributed by atoms with Gasteiger partial charge in [0.15, 0.2) is 0 Å². The normalized spacial score (nSPS) is 18.7. The molecule has 13 heavy (non-hydrogen) atoms. The molecule has 1 fully saturated rings. The van der Waals surface area contributed by atoms with Crippen LogP contribution in [0.5, 0.6) is 0 Å². The Hall–Kier alpha value is -0.890. The predicted octanol–water partition coefficient (Wildman–Crippen LogP) is 2.34. The van der Waals surface area contributed by atoms with Gasteiger partial charge in [0.25, 0.3) is 0 Å². The number of aryl methyl sites for hydroxylation is 1. The maximum absolute atomic E-state index is 13.4. The van der Waals surface area contributed by atoms with E-state index in [0.717, 1.165) is 24.8 Å². The van der Waals surface area contributed by atoms with Crippen LogP contribution in [0.1, 0.15) is 30.9 Å². The van der Waals surface area contributed by atoms with Crippen LogP contribution in [0.25, 0.3) is 0 Å². The summed E-state index contributed by atoms with van der Waals surface area (Å²) in [6, 6.07) is 5.26. The van der Waals surface area contributed by atoms with E-state index in [1.54, 1.807) is 0 Å². The molecule has 2 heteroatoms. The van der Waals surface area contributed by atoms with Gasteiger partial charge >= 0.3 is 0 Å². The molecule has 1 aliphatic rings. The highest BCUT2D eigenvalue weighted by molar-refractivity contribution is 5.34. The van der Waals surface area contributed by atoms with Gasteiger partial charge in [0.05, 0.1) is 0 Å². The highest BCUT2D eigenvalue weighted by Crippen LogP contribution is 2.43. The van der Waals surface area contributed by atoms with Crippen molar-refractivity contribution in [3.8, 4) is 0 Å². The Morgan fingerprint density at radius 2 is 2.15 bits per heavy atom. The Morgan fingerprint density at radius 3 is 2.69 bits per heavy atom. The van der Waals surface area contributed by atoms with Gasteiger partial charge in [-0.25, -0.2) is 4.39 Å². The second-order valence-electron chi connectivity index (χ2n) is 3.82. The van der Waals surface area contributed by atoms with Crippen molar-refractivity contribution in [2.45, 2.75) is 31.7 Å². The zero-order chi connectivity index (χ0) is 9.47. The van der Waals surface area contributed by atoms with Crippen LogP contribution in [0, 0.1) is 5.82 Å². The molecule has 0 heterocycles. The summed E-state index contributed by atoms with van der Waals surface area (Å²) in [7, 11) is 0. The third kappa shape index (κ3) is 1.46. The molecule has 2 rings (SSSR count). The number of nitrogens with two attached hydrogens (primary N) is 1. The van der Waals surface area contributed by atoms with E-state index in [-0.39, 0.29) is 11.4 Å². The fraction of sp³-hybridized carbons (Fsp3) is 0.455. The first-order valence-electron chi connectivity index (χ1n) is 4.73. The zero-order valence-electron chi connectivity index (χ0n) is 7.81. The Balaban J connectivity index is 2.43. The van der Waals surface area contributed by atoms with Gasteiger partial charge in [-0.05, 0) is 30.9 Å². The van der Waals surface area contributed by atoms with Crippen molar-refractivity contribution in [2.75, 3.05) is 0 Å². The average Bonchev–Trinajstić information content (AvgIpc) is 2.86. The van der Waals surface area contributed by atoms with Gasteiger partial charge in [0.2, 0.25) is 0 Å². The summed E-state index contributed by atoms with van der Waals surface area (Å²) in [6.07, 6.45) is 2.76. The maximum Gasteiger partial charge on any atom is 0.128 e. The van der Waals surface area contributed by atoms with Crippen LogP contribution in [0.15, 0.2) is 18.2 Å². The molecule has 1 aliphatic carbocycles. The topological polar surface area (TPSA) is 26.0 Å². The van der Waals surface area contributed by atoms with Crippen molar-refractivity contribution in [1.29, 1.82) is 0 Å². The molecule has 2 N–H and O–H groups in total. The molecule has 1 aromatic rings. The van der Waals surface area contributed by atoms with Gasteiger partial charge in [-0.15, -0.1) is 0 Å². The second kappa shape index (κ2) is 2.81. The summed E-state index contributed by atoms with van der Waals surface area (Å²) in [6.45, 7) is 2.06. The molecular formula is C11H14FN. The van der Waals surface area contributed by atoms with Crippen molar-refractivity contribution in [3.63, 3.8) is 0 Å². The molecule has 0 spiro atoms. The van der Waals surface area contributed by atoms with Gasteiger partial charge in [-0.3, -0.25) is 0 Å². The Labute approximate surface area is 77.8 Å². The average molecular weight is 179 g/mol. The smallest absolute Gasteiger partial charge is 0.128 e. The predicted molar refractivity (Wildman–Crippen MR) is 50.9 cm³/mol. The van der Waals surface area contributed by atoms with Crippen LogP contribution in [0.2, 0.25) is 0 Å². The highest BCUT2D eigenvalue weighted by atomic mass is 19.1. The fourth-order valence-corrected chi connectivity index (χ4v) is 1.58.